The molecule has 0 radical (unpaired) electrons. The van der Waals surface area contributed by atoms with Gasteiger partial charge in [0.05, 0.1) is 13.2 Å². The van der Waals surface area contributed by atoms with Gasteiger partial charge in [0.1, 0.15) is 5.78 Å². The second kappa shape index (κ2) is 5.01. The van der Waals surface area contributed by atoms with Crippen molar-refractivity contribution >= 4 is 5.78 Å². The first-order chi connectivity index (χ1) is 8.16. The summed E-state index contributed by atoms with van der Waals surface area (Å²) in [4.78, 5) is 11.3. The lowest BCUT2D eigenvalue weighted by atomic mass is 9.74. The summed E-state index contributed by atoms with van der Waals surface area (Å²) < 4.78 is 5.32. The molecule has 1 aliphatic heterocycles. The van der Waals surface area contributed by atoms with Gasteiger partial charge in [0.2, 0.25) is 0 Å². The minimum atomic E-state index is -0.0451. The van der Waals surface area contributed by atoms with Crippen LogP contribution in [0.3, 0.4) is 0 Å². The number of ketones is 1. The lowest BCUT2D eigenvalue weighted by Gasteiger charge is -2.41. The number of rotatable bonds is 5. The highest BCUT2D eigenvalue weighted by molar-refractivity contribution is 5.77. The Morgan fingerprint density at radius 2 is 1.94 bits per heavy atom. The number of hydrogen-bond acceptors (Lipinski definition) is 2. The highest BCUT2D eigenvalue weighted by Crippen LogP contribution is 2.36. The van der Waals surface area contributed by atoms with Gasteiger partial charge in [-0.15, -0.1) is 0 Å². The standard InChI is InChI=1S/C15H20O2/c1-3-4-13-5-7-14(8-6-13)15(9-12(2)16)10-17-11-15/h5-8H,3-4,9-11H2,1-2H3. The fraction of sp³-hybridized carbons (Fsp3) is 0.533. The van der Waals surface area contributed by atoms with Crippen LogP contribution >= 0.6 is 0 Å². The summed E-state index contributed by atoms with van der Waals surface area (Å²) in [5, 5.41) is 0. The second-order valence-corrected chi connectivity index (χ2v) is 5.10. The molecule has 1 saturated heterocycles. The fourth-order valence-corrected chi connectivity index (χ4v) is 2.51. The molecule has 17 heavy (non-hydrogen) atoms. The van der Waals surface area contributed by atoms with E-state index in [0.29, 0.717) is 19.6 Å². The summed E-state index contributed by atoms with van der Waals surface area (Å²) >= 11 is 0. The van der Waals surface area contributed by atoms with Gasteiger partial charge in [-0.3, -0.25) is 4.79 Å². The molecule has 1 aromatic carbocycles. The number of ether oxygens (including phenoxy) is 1. The van der Waals surface area contributed by atoms with Crippen LogP contribution in [0, 0.1) is 0 Å². The minimum absolute atomic E-state index is 0.0451. The molecule has 1 fully saturated rings. The molecular formula is C15H20O2. The maximum Gasteiger partial charge on any atom is 0.130 e. The quantitative estimate of drug-likeness (QED) is 0.780. The van der Waals surface area contributed by atoms with Gasteiger partial charge in [0.15, 0.2) is 0 Å². The molecule has 0 amide bonds. The molecule has 2 rings (SSSR count). The fourth-order valence-electron chi connectivity index (χ4n) is 2.51. The Balaban J connectivity index is 2.17. The Hall–Kier alpha value is -1.15. The van der Waals surface area contributed by atoms with E-state index in [1.807, 2.05) is 0 Å². The van der Waals surface area contributed by atoms with Crippen LogP contribution in [0.15, 0.2) is 24.3 Å². The molecule has 0 aromatic heterocycles. The highest BCUT2D eigenvalue weighted by Gasteiger charge is 2.41. The lowest BCUT2D eigenvalue weighted by Crippen LogP contribution is -2.47. The molecule has 0 spiro atoms. The Bertz CT molecular complexity index is 388. The van der Waals surface area contributed by atoms with Crippen molar-refractivity contribution in [3.05, 3.63) is 35.4 Å². The molecule has 2 heteroatoms. The van der Waals surface area contributed by atoms with Gasteiger partial charge in [-0.05, 0) is 24.5 Å². The van der Waals surface area contributed by atoms with Crippen molar-refractivity contribution in [2.24, 2.45) is 0 Å². The normalized spacial score (nSPS) is 17.5. The van der Waals surface area contributed by atoms with Gasteiger partial charge in [-0.2, -0.15) is 0 Å². The van der Waals surface area contributed by atoms with E-state index in [9.17, 15) is 4.79 Å². The van der Waals surface area contributed by atoms with Crippen LogP contribution in [0.1, 0.15) is 37.8 Å². The average Bonchev–Trinajstić information content (AvgIpc) is 2.25. The summed E-state index contributed by atoms with van der Waals surface area (Å²) in [7, 11) is 0. The zero-order chi connectivity index (χ0) is 12.3. The van der Waals surface area contributed by atoms with E-state index in [0.717, 1.165) is 6.42 Å². The molecule has 1 aromatic rings. The van der Waals surface area contributed by atoms with Gasteiger partial charge in [0.25, 0.3) is 0 Å². The van der Waals surface area contributed by atoms with E-state index in [4.69, 9.17) is 4.74 Å². The molecule has 1 aliphatic rings. The van der Waals surface area contributed by atoms with Crippen LogP contribution in [-0.2, 0) is 21.4 Å². The van der Waals surface area contributed by atoms with Gasteiger partial charge >= 0.3 is 0 Å². The predicted molar refractivity (Wildman–Crippen MR) is 68.2 cm³/mol. The lowest BCUT2D eigenvalue weighted by molar-refractivity contribution is -0.125. The number of aryl methyl sites for hydroxylation is 1. The maximum absolute atomic E-state index is 11.3. The molecular weight excluding hydrogens is 212 g/mol. The average molecular weight is 232 g/mol. The second-order valence-electron chi connectivity index (χ2n) is 5.10. The van der Waals surface area contributed by atoms with Crippen molar-refractivity contribution in [1.82, 2.24) is 0 Å². The van der Waals surface area contributed by atoms with Gasteiger partial charge < -0.3 is 4.74 Å². The Morgan fingerprint density at radius 3 is 2.35 bits per heavy atom. The molecule has 92 valence electrons. The summed E-state index contributed by atoms with van der Waals surface area (Å²) in [6, 6.07) is 8.69. The van der Waals surface area contributed by atoms with Crippen molar-refractivity contribution in [3.8, 4) is 0 Å². The largest absolute Gasteiger partial charge is 0.379 e. The molecule has 1 heterocycles. The monoisotopic (exact) mass is 232 g/mol. The van der Waals surface area contributed by atoms with Crippen LogP contribution in [0.4, 0.5) is 0 Å². The van der Waals surface area contributed by atoms with Crippen molar-refractivity contribution < 1.29 is 9.53 Å². The van der Waals surface area contributed by atoms with Gasteiger partial charge in [0, 0.05) is 11.8 Å². The van der Waals surface area contributed by atoms with E-state index in [-0.39, 0.29) is 11.2 Å². The molecule has 0 N–H and O–H groups in total. The van der Waals surface area contributed by atoms with Crippen molar-refractivity contribution in [2.75, 3.05) is 13.2 Å². The summed E-state index contributed by atoms with van der Waals surface area (Å²) in [5.74, 6) is 0.242. The van der Waals surface area contributed by atoms with Gasteiger partial charge in [-0.1, -0.05) is 37.6 Å². The van der Waals surface area contributed by atoms with E-state index in [2.05, 4.69) is 31.2 Å². The van der Waals surface area contributed by atoms with Crippen LogP contribution in [0.25, 0.3) is 0 Å². The minimum Gasteiger partial charge on any atom is -0.379 e. The Morgan fingerprint density at radius 1 is 1.29 bits per heavy atom. The van der Waals surface area contributed by atoms with E-state index in [1.165, 1.54) is 17.5 Å². The summed E-state index contributed by atoms with van der Waals surface area (Å²) in [6.07, 6.45) is 2.89. The first kappa shape index (κ1) is 12.3. The summed E-state index contributed by atoms with van der Waals surface area (Å²) in [5.41, 5.74) is 2.57. The molecule has 0 unspecified atom stereocenters. The zero-order valence-corrected chi connectivity index (χ0v) is 10.7. The predicted octanol–water partition coefficient (Wildman–Crippen LogP) is 2.89. The molecule has 0 aliphatic carbocycles. The first-order valence-corrected chi connectivity index (χ1v) is 6.33. The third-order valence-electron chi connectivity index (χ3n) is 3.45. The molecule has 0 atom stereocenters. The van der Waals surface area contributed by atoms with Crippen molar-refractivity contribution in [1.29, 1.82) is 0 Å². The number of carbonyl (C=O) groups is 1. The number of Topliss-reactive ketones (excluding diaryl/α,β-unsaturated/α-hetero) is 1. The number of carbonyl (C=O) groups excluding carboxylic acids is 1. The zero-order valence-electron chi connectivity index (χ0n) is 10.7. The smallest absolute Gasteiger partial charge is 0.130 e. The van der Waals surface area contributed by atoms with Crippen LogP contribution < -0.4 is 0 Å². The van der Waals surface area contributed by atoms with Crippen LogP contribution in [0.2, 0.25) is 0 Å². The third-order valence-corrected chi connectivity index (χ3v) is 3.45. The highest BCUT2D eigenvalue weighted by atomic mass is 16.5. The topological polar surface area (TPSA) is 26.3 Å². The van der Waals surface area contributed by atoms with E-state index < -0.39 is 0 Å². The van der Waals surface area contributed by atoms with Crippen LogP contribution in [-0.4, -0.2) is 19.0 Å². The van der Waals surface area contributed by atoms with Gasteiger partial charge in [-0.25, -0.2) is 0 Å². The van der Waals surface area contributed by atoms with E-state index in [1.54, 1.807) is 6.92 Å². The Labute approximate surface area is 103 Å². The summed E-state index contributed by atoms with van der Waals surface area (Å²) in [6.45, 7) is 5.20. The number of benzene rings is 1. The van der Waals surface area contributed by atoms with Crippen molar-refractivity contribution in [2.45, 2.75) is 38.5 Å². The molecule has 2 nitrogen and oxygen atoms in total. The molecule has 0 saturated carbocycles. The van der Waals surface area contributed by atoms with E-state index >= 15 is 0 Å². The number of hydrogen-bond donors (Lipinski definition) is 0. The third kappa shape index (κ3) is 2.58. The molecule has 0 bridgehead atoms. The maximum atomic E-state index is 11.3. The van der Waals surface area contributed by atoms with Crippen LogP contribution in [0.5, 0.6) is 0 Å². The first-order valence-electron chi connectivity index (χ1n) is 6.33. The SMILES string of the molecule is CCCc1ccc(C2(CC(C)=O)COC2)cc1. The van der Waals surface area contributed by atoms with Crippen molar-refractivity contribution in [3.63, 3.8) is 0 Å². The Kier molecular flexibility index (Phi) is 3.63.